The van der Waals surface area contributed by atoms with E-state index in [1.807, 2.05) is 48.2 Å². The summed E-state index contributed by atoms with van der Waals surface area (Å²) in [5, 5.41) is 16.9. The summed E-state index contributed by atoms with van der Waals surface area (Å²) in [5.74, 6) is 0.751. The molecule has 0 spiro atoms. The number of piperazine rings is 1. The van der Waals surface area contributed by atoms with E-state index in [4.69, 9.17) is 16.6 Å². The Labute approximate surface area is 202 Å². The van der Waals surface area contributed by atoms with Crippen LogP contribution in [0.4, 0.5) is 17.1 Å². The molecule has 8 nitrogen and oxygen atoms in total. The first-order valence-electron chi connectivity index (χ1n) is 11.1. The third-order valence-corrected chi connectivity index (χ3v) is 6.23. The highest BCUT2D eigenvalue weighted by atomic mass is 35.5. The summed E-state index contributed by atoms with van der Waals surface area (Å²) in [6, 6.07) is 16.2. The average Bonchev–Trinajstić information content (AvgIpc) is 2.86. The summed E-state index contributed by atoms with van der Waals surface area (Å²) in [4.78, 5) is 19.2. The maximum Gasteiger partial charge on any atom is 0.253 e. The monoisotopic (exact) mass is 476 g/mol. The van der Waals surface area contributed by atoms with Crippen molar-refractivity contribution in [2.45, 2.75) is 6.92 Å². The van der Waals surface area contributed by atoms with E-state index in [1.165, 1.54) is 0 Å². The van der Waals surface area contributed by atoms with Gasteiger partial charge in [0.25, 0.3) is 5.91 Å². The number of nitrogens with one attached hydrogen (secondary N) is 4. The van der Waals surface area contributed by atoms with Crippen molar-refractivity contribution in [3.63, 3.8) is 0 Å². The van der Waals surface area contributed by atoms with Crippen molar-refractivity contribution in [2.75, 3.05) is 36.9 Å². The smallest absolute Gasteiger partial charge is 0.253 e. The van der Waals surface area contributed by atoms with E-state index in [9.17, 15) is 9.90 Å². The first-order valence-corrected chi connectivity index (χ1v) is 11.5. The fourth-order valence-electron chi connectivity index (χ4n) is 4.12. The van der Waals surface area contributed by atoms with E-state index < -0.39 is 0 Å². The lowest BCUT2D eigenvalue weighted by Crippen LogP contribution is -2.46. The van der Waals surface area contributed by atoms with Crippen LogP contribution in [0.2, 0.25) is 5.02 Å². The number of aliphatic imine (C=N–C) groups is 1. The van der Waals surface area contributed by atoms with E-state index >= 15 is 0 Å². The van der Waals surface area contributed by atoms with Gasteiger partial charge in [-0.25, -0.2) is 4.99 Å². The van der Waals surface area contributed by atoms with Gasteiger partial charge >= 0.3 is 0 Å². The molecule has 34 heavy (non-hydrogen) atoms. The number of anilines is 2. The molecule has 0 saturated carbocycles. The van der Waals surface area contributed by atoms with Crippen LogP contribution in [0.1, 0.15) is 15.9 Å². The van der Waals surface area contributed by atoms with Gasteiger partial charge in [-0.15, -0.1) is 0 Å². The Balaban J connectivity index is 1.33. The number of carbonyl (C=O) groups is 1. The van der Waals surface area contributed by atoms with Crippen LogP contribution in [-0.4, -0.2) is 48.1 Å². The molecule has 0 bridgehead atoms. The van der Waals surface area contributed by atoms with Crippen molar-refractivity contribution in [3.8, 4) is 16.9 Å². The molecule has 2 aliphatic heterocycles. The van der Waals surface area contributed by atoms with Crippen molar-refractivity contribution < 1.29 is 9.90 Å². The number of nitrogens with zero attached hydrogens (tertiary/aromatic N) is 2. The fraction of sp³-hybridized carbons (Fsp3) is 0.200. The third-order valence-electron chi connectivity index (χ3n) is 5.90. The van der Waals surface area contributed by atoms with Gasteiger partial charge in [0.2, 0.25) is 5.96 Å². The highest BCUT2D eigenvalue weighted by Gasteiger charge is 2.19. The summed E-state index contributed by atoms with van der Waals surface area (Å²) in [5.41, 5.74) is 11.9. The molecule has 0 aliphatic carbocycles. The highest BCUT2D eigenvalue weighted by Crippen LogP contribution is 2.39. The first-order chi connectivity index (χ1) is 16.5. The van der Waals surface area contributed by atoms with Crippen molar-refractivity contribution in [1.82, 2.24) is 15.6 Å². The fourth-order valence-corrected chi connectivity index (χ4v) is 4.35. The zero-order valence-corrected chi connectivity index (χ0v) is 19.4. The number of phenols is 1. The molecule has 174 valence electrons. The molecule has 5 N–H and O–H groups in total. The number of phenolic OH excluding ortho intramolecular Hbond substituents is 1. The summed E-state index contributed by atoms with van der Waals surface area (Å²) < 4.78 is 0. The number of guanidine groups is 1. The number of carbonyl (C=O) groups excluding carboxylic acids is 1. The number of hydrogen-bond donors (Lipinski definition) is 5. The lowest BCUT2D eigenvalue weighted by Gasteiger charge is -2.27. The number of hydrogen-bond acceptors (Lipinski definition) is 7. The van der Waals surface area contributed by atoms with Crippen molar-refractivity contribution in [3.05, 3.63) is 70.7 Å². The van der Waals surface area contributed by atoms with Gasteiger partial charge < -0.3 is 20.6 Å². The van der Waals surface area contributed by atoms with E-state index in [-0.39, 0.29) is 11.7 Å². The minimum Gasteiger partial charge on any atom is -0.508 e. The largest absolute Gasteiger partial charge is 0.508 e. The molecular formula is C25H25ClN6O2. The molecule has 3 aromatic carbocycles. The predicted molar refractivity (Wildman–Crippen MR) is 136 cm³/mol. The van der Waals surface area contributed by atoms with E-state index in [2.05, 4.69) is 21.5 Å². The molecule has 5 rings (SSSR count). The van der Waals surface area contributed by atoms with Crippen molar-refractivity contribution >= 4 is 40.5 Å². The summed E-state index contributed by atoms with van der Waals surface area (Å²) in [6.45, 7) is 5.08. The zero-order chi connectivity index (χ0) is 23.7. The van der Waals surface area contributed by atoms with E-state index in [0.717, 1.165) is 59.9 Å². The Morgan fingerprint density at radius 2 is 1.82 bits per heavy atom. The van der Waals surface area contributed by atoms with Gasteiger partial charge in [0.1, 0.15) is 5.75 Å². The molecule has 1 fully saturated rings. The van der Waals surface area contributed by atoms with Crippen LogP contribution >= 0.6 is 11.6 Å². The average molecular weight is 477 g/mol. The molecule has 0 atom stereocenters. The topological polar surface area (TPSA) is 101 Å². The number of hydrazine groups is 1. The number of amides is 1. The molecule has 9 heteroatoms. The van der Waals surface area contributed by atoms with Gasteiger partial charge in [0.05, 0.1) is 11.4 Å². The molecule has 2 heterocycles. The summed E-state index contributed by atoms with van der Waals surface area (Å²) in [7, 11) is 0. The Kier molecular flexibility index (Phi) is 6.00. The lowest BCUT2D eigenvalue weighted by molar-refractivity contribution is 0.0736. The summed E-state index contributed by atoms with van der Waals surface area (Å²) >= 11 is 6.34. The molecule has 0 aromatic heterocycles. The maximum atomic E-state index is 12.7. The van der Waals surface area contributed by atoms with Crippen LogP contribution < -0.4 is 21.5 Å². The van der Waals surface area contributed by atoms with Crippen LogP contribution in [0.3, 0.4) is 0 Å². The van der Waals surface area contributed by atoms with Crippen LogP contribution in [0, 0.1) is 6.92 Å². The molecule has 2 aliphatic rings. The molecule has 0 unspecified atom stereocenters. The SMILES string of the molecule is Cc1cc(-c2cc(O)ccc2Cl)cc2c1N=C(Nc1ccc(C(=O)N3CCNCC3)cc1)NN2. The van der Waals surface area contributed by atoms with E-state index in [0.29, 0.717) is 16.5 Å². The maximum absolute atomic E-state index is 12.7. The molecule has 3 aromatic rings. The van der Waals surface area contributed by atoms with E-state index in [1.54, 1.807) is 18.2 Å². The zero-order valence-electron chi connectivity index (χ0n) is 18.7. The van der Waals surface area contributed by atoms with Crippen LogP contribution in [0.5, 0.6) is 5.75 Å². The van der Waals surface area contributed by atoms with Gasteiger partial charge in [-0.2, -0.15) is 0 Å². The second kappa shape index (κ2) is 9.24. The number of halogens is 1. The van der Waals surface area contributed by atoms with Gasteiger partial charge in [0.15, 0.2) is 0 Å². The molecule has 1 saturated heterocycles. The number of fused-ring (bicyclic) bond motifs is 1. The Hall–Kier alpha value is -3.75. The minimum absolute atomic E-state index is 0.0510. The number of aromatic hydroxyl groups is 1. The second-order valence-electron chi connectivity index (χ2n) is 8.31. The minimum atomic E-state index is 0.0510. The van der Waals surface area contributed by atoms with Crippen molar-refractivity contribution in [1.29, 1.82) is 0 Å². The van der Waals surface area contributed by atoms with Gasteiger partial charge in [-0.05, 0) is 72.6 Å². The van der Waals surface area contributed by atoms with Crippen LogP contribution in [-0.2, 0) is 0 Å². The first kappa shape index (κ1) is 22.1. The number of aryl methyl sites for hydroxylation is 1. The number of benzene rings is 3. The Bertz CT molecular complexity index is 1270. The van der Waals surface area contributed by atoms with Gasteiger partial charge in [-0.3, -0.25) is 15.6 Å². The predicted octanol–water partition coefficient (Wildman–Crippen LogP) is 4.10. The molecule has 0 radical (unpaired) electrons. The third kappa shape index (κ3) is 4.50. The van der Waals surface area contributed by atoms with Gasteiger partial charge in [-0.1, -0.05) is 11.6 Å². The van der Waals surface area contributed by atoms with Crippen molar-refractivity contribution in [2.24, 2.45) is 4.99 Å². The molecular weight excluding hydrogens is 452 g/mol. The Morgan fingerprint density at radius 1 is 1.06 bits per heavy atom. The van der Waals surface area contributed by atoms with Crippen LogP contribution in [0.25, 0.3) is 11.1 Å². The second-order valence-corrected chi connectivity index (χ2v) is 8.72. The highest BCUT2D eigenvalue weighted by molar-refractivity contribution is 6.33. The summed E-state index contributed by atoms with van der Waals surface area (Å²) in [6.07, 6.45) is 0. The lowest BCUT2D eigenvalue weighted by atomic mass is 10.0. The normalized spacial score (nSPS) is 15.0. The Morgan fingerprint density at radius 3 is 2.59 bits per heavy atom. The number of rotatable bonds is 3. The standard InChI is InChI=1S/C25H25ClN6O2/c1-15-12-17(20-14-19(33)6-7-21(20)26)13-22-23(15)29-25(31-30-22)28-18-4-2-16(3-5-18)24(34)32-10-8-27-9-11-32/h2-7,12-14,27,30,33H,8-11H2,1H3,(H2,28,29,31). The quantitative estimate of drug-likeness (QED) is 0.390. The molecule has 1 amide bonds. The van der Waals surface area contributed by atoms with Gasteiger partial charge in [0, 0.05) is 48.0 Å². The van der Waals surface area contributed by atoms with Crippen LogP contribution in [0.15, 0.2) is 59.6 Å².